The fourth-order valence-electron chi connectivity index (χ4n) is 4.78. The van der Waals surface area contributed by atoms with Crippen molar-refractivity contribution in [1.82, 2.24) is 0 Å². The Morgan fingerprint density at radius 2 is 1.68 bits per heavy atom. The van der Waals surface area contributed by atoms with Gasteiger partial charge < -0.3 is 0 Å². The van der Waals surface area contributed by atoms with Crippen molar-refractivity contribution in [3.8, 4) is 0 Å². The monoisotopic (exact) mass is 330 g/mol. The molecule has 0 aromatic carbocycles. The Labute approximate surface area is 142 Å². The van der Waals surface area contributed by atoms with Gasteiger partial charge in [0.25, 0.3) is 0 Å². The van der Waals surface area contributed by atoms with Gasteiger partial charge in [0, 0.05) is 5.38 Å². The van der Waals surface area contributed by atoms with E-state index < -0.39 is 5.67 Å². The molecular formula is C20H36ClF. The zero-order chi connectivity index (χ0) is 16.4. The van der Waals surface area contributed by atoms with E-state index in [-0.39, 0.29) is 0 Å². The molecule has 2 saturated carbocycles. The minimum absolute atomic E-state index is 0.438. The second kappa shape index (κ2) is 7.41. The molecule has 0 N–H and O–H groups in total. The lowest BCUT2D eigenvalue weighted by atomic mass is 9.72. The van der Waals surface area contributed by atoms with Crippen LogP contribution in [0, 0.1) is 23.2 Å². The van der Waals surface area contributed by atoms with Crippen molar-refractivity contribution in [3.05, 3.63) is 0 Å². The van der Waals surface area contributed by atoms with E-state index in [0.717, 1.165) is 18.3 Å². The average molecular weight is 331 g/mol. The summed E-state index contributed by atoms with van der Waals surface area (Å²) in [5.41, 5.74) is -0.342. The maximum atomic E-state index is 13.6. The van der Waals surface area contributed by atoms with Crippen LogP contribution < -0.4 is 0 Å². The lowest BCUT2D eigenvalue weighted by Crippen LogP contribution is -2.25. The van der Waals surface area contributed by atoms with Crippen molar-refractivity contribution in [2.45, 2.75) is 103 Å². The second-order valence-corrected chi connectivity index (χ2v) is 9.84. The van der Waals surface area contributed by atoms with Gasteiger partial charge in [0.05, 0.1) is 0 Å². The molecule has 0 heterocycles. The molecule has 0 aromatic rings. The SMILES string of the molecule is C[C@H](CCC(C)(C)F)C[C@@H](C)CC1(C2CCC(Cl)CC2)CC1. The smallest absolute Gasteiger partial charge is 0.105 e. The standard InChI is InChI=1S/C20H36ClF/c1-15(9-10-19(3,4)22)13-16(2)14-20(11-12-20)17-5-7-18(21)8-6-17/h15-18H,5-14H2,1-4H3/t15-,16-,17?,18?/m1/s1. The van der Waals surface area contributed by atoms with Gasteiger partial charge in [-0.05, 0) is 101 Å². The highest BCUT2D eigenvalue weighted by atomic mass is 35.5. The fourth-order valence-corrected chi connectivity index (χ4v) is 5.03. The summed E-state index contributed by atoms with van der Waals surface area (Å²) in [5.74, 6) is 2.37. The molecule has 0 amide bonds. The normalized spacial score (nSPS) is 30.8. The zero-order valence-electron chi connectivity index (χ0n) is 15.1. The largest absolute Gasteiger partial charge is 0.245 e. The first-order valence-corrected chi connectivity index (χ1v) is 9.97. The Kier molecular flexibility index (Phi) is 6.25. The highest BCUT2D eigenvalue weighted by Crippen LogP contribution is 2.60. The van der Waals surface area contributed by atoms with Gasteiger partial charge in [-0.2, -0.15) is 0 Å². The topological polar surface area (TPSA) is 0 Å². The van der Waals surface area contributed by atoms with Gasteiger partial charge in [-0.3, -0.25) is 0 Å². The van der Waals surface area contributed by atoms with Gasteiger partial charge in [-0.15, -0.1) is 11.6 Å². The fraction of sp³-hybridized carbons (Fsp3) is 1.00. The van der Waals surface area contributed by atoms with Crippen LogP contribution in [0.3, 0.4) is 0 Å². The number of hydrogen-bond donors (Lipinski definition) is 0. The molecule has 2 atom stereocenters. The molecule has 22 heavy (non-hydrogen) atoms. The maximum absolute atomic E-state index is 13.6. The molecule has 2 aliphatic carbocycles. The van der Waals surface area contributed by atoms with Crippen LogP contribution in [-0.4, -0.2) is 11.0 Å². The molecule has 2 heteroatoms. The lowest BCUT2D eigenvalue weighted by molar-refractivity contribution is 0.167. The van der Waals surface area contributed by atoms with Crippen LogP contribution in [0.2, 0.25) is 0 Å². The number of halogens is 2. The van der Waals surface area contributed by atoms with Crippen molar-refractivity contribution < 1.29 is 4.39 Å². The lowest BCUT2D eigenvalue weighted by Gasteiger charge is -2.34. The van der Waals surface area contributed by atoms with Gasteiger partial charge in [0.1, 0.15) is 5.67 Å². The van der Waals surface area contributed by atoms with Crippen LogP contribution in [0.4, 0.5) is 4.39 Å². The van der Waals surface area contributed by atoms with Crippen LogP contribution >= 0.6 is 11.6 Å². The number of rotatable bonds is 8. The molecule has 0 bridgehead atoms. The van der Waals surface area contributed by atoms with E-state index in [1.165, 1.54) is 51.4 Å². The third kappa shape index (κ3) is 5.69. The van der Waals surface area contributed by atoms with Crippen molar-refractivity contribution in [2.75, 3.05) is 0 Å². The molecule has 130 valence electrons. The summed E-state index contributed by atoms with van der Waals surface area (Å²) in [7, 11) is 0. The molecule has 0 spiro atoms. The van der Waals surface area contributed by atoms with E-state index in [9.17, 15) is 4.39 Å². The molecule has 2 aliphatic rings. The van der Waals surface area contributed by atoms with E-state index in [2.05, 4.69) is 13.8 Å². The van der Waals surface area contributed by atoms with Gasteiger partial charge in [0.2, 0.25) is 0 Å². The molecule has 0 aliphatic heterocycles. The van der Waals surface area contributed by atoms with Crippen molar-refractivity contribution >= 4 is 11.6 Å². The predicted octanol–water partition coefficient (Wildman–Crippen LogP) is 7.14. The summed E-state index contributed by atoms with van der Waals surface area (Å²) in [4.78, 5) is 0. The molecular weight excluding hydrogens is 295 g/mol. The summed E-state index contributed by atoms with van der Waals surface area (Å²) < 4.78 is 13.6. The maximum Gasteiger partial charge on any atom is 0.105 e. The Balaban J connectivity index is 1.73. The second-order valence-electron chi connectivity index (χ2n) is 9.22. The molecule has 0 aromatic heterocycles. The summed E-state index contributed by atoms with van der Waals surface area (Å²) in [6.45, 7) is 8.13. The van der Waals surface area contributed by atoms with Crippen LogP contribution in [-0.2, 0) is 0 Å². The first kappa shape index (κ1) is 18.6. The summed E-state index contributed by atoms with van der Waals surface area (Å²) in [6.07, 6.45) is 12.4. The van der Waals surface area contributed by atoms with Crippen molar-refractivity contribution in [2.24, 2.45) is 23.2 Å². The van der Waals surface area contributed by atoms with Crippen molar-refractivity contribution in [3.63, 3.8) is 0 Å². The number of alkyl halides is 2. The highest BCUT2D eigenvalue weighted by Gasteiger charge is 2.49. The van der Waals surface area contributed by atoms with E-state index in [4.69, 9.17) is 11.6 Å². The third-order valence-electron chi connectivity index (χ3n) is 6.21. The first-order valence-electron chi connectivity index (χ1n) is 9.53. The minimum Gasteiger partial charge on any atom is -0.245 e. The van der Waals surface area contributed by atoms with Gasteiger partial charge >= 0.3 is 0 Å². The molecule has 0 nitrogen and oxygen atoms in total. The summed E-state index contributed by atoms with van der Waals surface area (Å²) in [6, 6.07) is 0. The first-order chi connectivity index (χ1) is 10.2. The minimum atomic E-state index is -1.00. The number of hydrogen-bond acceptors (Lipinski definition) is 0. The van der Waals surface area contributed by atoms with Crippen LogP contribution in [0.25, 0.3) is 0 Å². The van der Waals surface area contributed by atoms with E-state index in [0.29, 0.717) is 23.1 Å². The summed E-state index contributed by atoms with van der Waals surface area (Å²) >= 11 is 6.27. The van der Waals surface area contributed by atoms with Gasteiger partial charge in [0.15, 0.2) is 0 Å². The molecule has 0 saturated heterocycles. The Morgan fingerprint density at radius 1 is 1.09 bits per heavy atom. The quantitative estimate of drug-likeness (QED) is 0.415. The van der Waals surface area contributed by atoms with Crippen LogP contribution in [0.15, 0.2) is 0 Å². The zero-order valence-corrected chi connectivity index (χ0v) is 15.9. The van der Waals surface area contributed by atoms with E-state index in [1.807, 2.05) is 0 Å². The van der Waals surface area contributed by atoms with Crippen LogP contribution in [0.1, 0.15) is 91.9 Å². The molecule has 0 radical (unpaired) electrons. The van der Waals surface area contributed by atoms with Crippen molar-refractivity contribution in [1.29, 1.82) is 0 Å². The average Bonchev–Trinajstić information content (AvgIpc) is 3.17. The Morgan fingerprint density at radius 3 is 2.18 bits per heavy atom. The highest BCUT2D eigenvalue weighted by molar-refractivity contribution is 6.20. The van der Waals surface area contributed by atoms with Crippen LogP contribution in [0.5, 0.6) is 0 Å². The molecule has 0 unspecified atom stereocenters. The third-order valence-corrected chi connectivity index (χ3v) is 6.64. The van der Waals surface area contributed by atoms with Gasteiger partial charge in [-0.25, -0.2) is 4.39 Å². The Bertz CT molecular complexity index is 334. The molecule has 2 rings (SSSR count). The van der Waals surface area contributed by atoms with E-state index in [1.54, 1.807) is 13.8 Å². The molecule has 2 fully saturated rings. The predicted molar refractivity (Wildman–Crippen MR) is 95.2 cm³/mol. The van der Waals surface area contributed by atoms with Gasteiger partial charge in [-0.1, -0.05) is 13.8 Å². The summed E-state index contributed by atoms with van der Waals surface area (Å²) in [5, 5.41) is 0.438. The Hall–Kier alpha value is 0.220. The van der Waals surface area contributed by atoms with E-state index >= 15 is 0 Å².